The minimum absolute atomic E-state index is 0.123. The number of benzene rings is 1. The standard InChI is InChI=1S/C16H18N8O2/c1-26-15-4-2-3-12(7-15)19-16(25)22-10-14(11-22)23-8-13(20-21-23)9-24-17-5-6-18-24/h2-8,14H,9-11H2,1H3,(H,19,25). The van der Waals surface area contributed by atoms with E-state index in [4.69, 9.17) is 4.74 Å². The maximum Gasteiger partial charge on any atom is 0.321 e. The second kappa shape index (κ2) is 6.82. The van der Waals surface area contributed by atoms with Crippen molar-refractivity contribution in [3.8, 4) is 5.75 Å². The number of nitrogens with one attached hydrogen (secondary N) is 1. The number of nitrogens with zero attached hydrogens (tertiary/aromatic N) is 7. The number of aromatic nitrogens is 6. The first-order valence-corrected chi connectivity index (χ1v) is 8.16. The van der Waals surface area contributed by atoms with E-state index >= 15 is 0 Å². The van der Waals surface area contributed by atoms with E-state index in [0.29, 0.717) is 31.1 Å². The van der Waals surface area contributed by atoms with Crippen molar-refractivity contribution < 1.29 is 9.53 Å². The Morgan fingerprint density at radius 2 is 2.12 bits per heavy atom. The summed E-state index contributed by atoms with van der Waals surface area (Å²) < 4.78 is 6.94. The van der Waals surface area contributed by atoms with Crippen LogP contribution in [-0.4, -0.2) is 61.1 Å². The lowest BCUT2D eigenvalue weighted by atomic mass is 10.1. The van der Waals surface area contributed by atoms with Gasteiger partial charge in [0.1, 0.15) is 18.0 Å². The Kier molecular flexibility index (Phi) is 4.22. The van der Waals surface area contributed by atoms with Crippen LogP contribution < -0.4 is 10.1 Å². The van der Waals surface area contributed by atoms with E-state index in [0.717, 1.165) is 5.69 Å². The highest BCUT2D eigenvalue weighted by molar-refractivity contribution is 5.90. The Hall–Kier alpha value is -3.43. The molecule has 0 unspecified atom stereocenters. The van der Waals surface area contributed by atoms with Gasteiger partial charge in [0.25, 0.3) is 0 Å². The highest BCUT2D eigenvalue weighted by Gasteiger charge is 2.33. The number of carbonyl (C=O) groups excluding carboxylic acids is 1. The Morgan fingerprint density at radius 1 is 1.31 bits per heavy atom. The third kappa shape index (κ3) is 3.34. The van der Waals surface area contributed by atoms with Crippen molar-refractivity contribution in [3.63, 3.8) is 0 Å². The molecule has 10 heteroatoms. The molecule has 134 valence electrons. The summed E-state index contributed by atoms with van der Waals surface area (Å²) in [6, 6.07) is 7.25. The lowest BCUT2D eigenvalue weighted by Gasteiger charge is -2.38. The van der Waals surface area contributed by atoms with Crippen molar-refractivity contribution in [2.45, 2.75) is 12.6 Å². The Balaban J connectivity index is 1.30. The molecule has 1 aromatic carbocycles. The van der Waals surface area contributed by atoms with E-state index in [1.54, 1.807) is 39.9 Å². The molecule has 2 amide bonds. The molecule has 1 aliphatic heterocycles. The lowest BCUT2D eigenvalue weighted by molar-refractivity contribution is 0.127. The number of likely N-dealkylation sites (tertiary alicyclic amines) is 1. The monoisotopic (exact) mass is 354 g/mol. The summed E-state index contributed by atoms with van der Waals surface area (Å²) >= 11 is 0. The van der Waals surface area contributed by atoms with Crippen molar-refractivity contribution in [2.24, 2.45) is 0 Å². The minimum atomic E-state index is -0.143. The second-order valence-corrected chi connectivity index (χ2v) is 5.97. The summed E-state index contributed by atoms with van der Waals surface area (Å²) in [6.45, 7) is 1.64. The van der Waals surface area contributed by atoms with Crippen LogP contribution in [0.3, 0.4) is 0 Å². The van der Waals surface area contributed by atoms with Crippen molar-refractivity contribution >= 4 is 11.7 Å². The topological polar surface area (TPSA) is 103 Å². The van der Waals surface area contributed by atoms with E-state index in [1.807, 2.05) is 24.4 Å². The van der Waals surface area contributed by atoms with Gasteiger partial charge in [-0.05, 0) is 12.1 Å². The average Bonchev–Trinajstić information content (AvgIpc) is 3.26. The predicted molar refractivity (Wildman–Crippen MR) is 91.8 cm³/mol. The number of carbonyl (C=O) groups is 1. The van der Waals surface area contributed by atoms with Crippen molar-refractivity contribution in [2.75, 3.05) is 25.5 Å². The van der Waals surface area contributed by atoms with Crippen LogP contribution in [0.1, 0.15) is 11.7 Å². The van der Waals surface area contributed by atoms with Gasteiger partial charge >= 0.3 is 6.03 Å². The smallest absolute Gasteiger partial charge is 0.321 e. The van der Waals surface area contributed by atoms with E-state index in [2.05, 4.69) is 25.8 Å². The lowest BCUT2D eigenvalue weighted by Crippen LogP contribution is -2.52. The van der Waals surface area contributed by atoms with E-state index in [1.165, 1.54) is 0 Å². The zero-order chi connectivity index (χ0) is 17.9. The molecule has 0 aliphatic carbocycles. The maximum atomic E-state index is 12.3. The molecular weight excluding hydrogens is 336 g/mol. The fourth-order valence-corrected chi connectivity index (χ4v) is 2.73. The molecule has 1 N–H and O–H groups in total. The van der Waals surface area contributed by atoms with Crippen LogP contribution in [0, 0.1) is 0 Å². The zero-order valence-electron chi connectivity index (χ0n) is 14.2. The highest BCUT2D eigenvalue weighted by Crippen LogP contribution is 2.23. The minimum Gasteiger partial charge on any atom is -0.497 e. The second-order valence-electron chi connectivity index (χ2n) is 5.97. The maximum absolute atomic E-state index is 12.3. The molecule has 1 saturated heterocycles. The van der Waals surface area contributed by atoms with Gasteiger partial charge in [-0.25, -0.2) is 9.48 Å². The van der Waals surface area contributed by atoms with Gasteiger partial charge in [0.2, 0.25) is 0 Å². The molecular formula is C16H18N8O2. The van der Waals surface area contributed by atoms with Gasteiger partial charge in [0, 0.05) is 24.8 Å². The summed E-state index contributed by atoms with van der Waals surface area (Å²) in [5.74, 6) is 0.700. The number of hydrogen-bond acceptors (Lipinski definition) is 6. The van der Waals surface area contributed by atoms with Gasteiger partial charge < -0.3 is 15.0 Å². The van der Waals surface area contributed by atoms with Gasteiger partial charge in [-0.1, -0.05) is 11.3 Å². The number of rotatable bonds is 5. The first-order valence-electron chi connectivity index (χ1n) is 8.16. The van der Waals surface area contributed by atoms with E-state index in [-0.39, 0.29) is 12.1 Å². The summed E-state index contributed by atoms with van der Waals surface area (Å²) in [7, 11) is 1.59. The first kappa shape index (κ1) is 16.1. The summed E-state index contributed by atoms with van der Waals surface area (Å²) in [5, 5.41) is 19.2. The molecule has 0 radical (unpaired) electrons. The third-order valence-electron chi connectivity index (χ3n) is 4.17. The van der Waals surface area contributed by atoms with Gasteiger partial charge in [0.05, 0.1) is 31.7 Å². The predicted octanol–water partition coefficient (Wildman–Crippen LogP) is 1.02. The summed E-state index contributed by atoms with van der Waals surface area (Å²) in [4.78, 5) is 15.6. The van der Waals surface area contributed by atoms with Crippen molar-refractivity contribution in [1.29, 1.82) is 0 Å². The van der Waals surface area contributed by atoms with Crippen LogP contribution in [0.5, 0.6) is 5.75 Å². The van der Waals surface area contributed by atoms with Crippen LogP contribution in [0.15, 0.2) is 42.9 Å². The normalized spacial score (nSPS) is 14.1. The quantitative estimate of drug-likeness (QED) is 0.734. The molecule has 4 rings (SSSR count). The molecule has 26 heavy (non-hydrogen) atoms. The number of urea groups is 1. The molecule has 1 aliphatic rings. The van der Waals surface area contributed by atoms with Crippen LogP contribution in [0.4, 0.5) is 10.5 Å². The van der Waals surface area contributed by atoms with Crippen LogP contribution in [0.25, 0.3) is 0 Å². The van der Waals surface area contributed by atoms with Crippen molar-refractivity contribution in [1.82, 2.24) is 34.9 Å². The first-order chi connectivity index (χ1) is 12.7. The van der Waals surface area contributed by atoms with E-state index in [9.17, 15) is 4.79 Å². The number of methoxy groups -OCH3 is 1. The fourth-order valence-electron chi connectivity index (χ4n) is 2.73. The molecule has 2 aromatic heterocycles. The van der Waals surface area contributed by atoms with Gasteiger partial charge in [-0.2, -0.15) is 15.0 Å². The largest absolute Gasteiger partial charge is 0.497 e. The summed E-state index contributed by atoms with van der Waals surface area (Å²) in [5.41, 5.74) is 1.48. The average molecular weight is 354 g/mol. The Bertz CT molecular complexity index is 885. The van der Waals surface area contributed by atoms with Crippen LogP contribution in [0.2, 0.25) is 0 Å². The molecule has 1 fully saturated rings. The Morgan fingerprint density at radius 3 is 2.88 bits per heavy atom. The summed E-state index contributed by atoms with van der Waals surface area (Å²) in [6.07, 6.45) is 5.11. The molecule has 0 spiro atoms. The van der Waals surface area contributed by atoms with Gasteiger partial charge in [-0.15, -0.1) is 5.10 Å². The number of amides is 2. The third-order valence-corrected chi connectivity index (χ3v) is 4.17. The van der Waals surface area contributed by atoms with Crippen LogP contribution in [-0.2, 0) is 6.54 Å². The molecule has 0 atom stereocenters. The van der Waals surface area contributed by atoms with E-state index < -0.39 is 0 Å². The number of hydrogen-bond donors (Lipinski definition) is 1. The molecule has 0 bridgehead atoms. The Labute approximate surface area is 149 Å². The number of ether oxygens (including phenoxy) is 1. The number of anilines is 1. The molecule has 3 aromatic rings. The van der Waals surface area contributed by atoms with Crippen LogP contribution >= 0.6 is 0 Å². The molecule has 0 saturated carbocycles. The van der Waals surface area contributed by atoms with Gasteiger partial charge in [-0.3, -0.25) is 0 Å². The van der Waals surface area contributed by atoms with Gasteiger partial charge in [0.15, 0.2) is 0 Å². The molecule has 3 heterocycles. The SMILES string of the molecule is COc1cccc(NC(=O)N2CC(n3cc(Cn4nccn4)nn3)C2)c1. The molecule has 10 nitrogen and oxygen atoms in total. The van der Waals surface area contributed by atoms with Crippen molar-refractivity contribution in [3.05, 3.63) is 48.5 Å². The zero-order valence-corrected chi connectivity index (χ0v) is 14.2. The fraction of sp³-hybridized carbons (Fsp3) is 0.312. The highest BCUT2D eigenvalue weighted by atomic mass is 16.5.